The van der Waals surface area contributed by atoms with E-state index in [1.807, 2.05) is 4.90 Å². The fourth-order valence-corrected chi connectivity index (χ4v) is 6.16. The predicted octanol–water partition coefficient (Wildman–Crippen LogP) is 2.33. The minimum Gasteiger partial charge on any atom is -0.333 e. The van der Waals surface area contributed by atoms with Gasteiger partial charge < -0.3 is 16.0 Å². The van der Waals surface area contributed by atoms with Crippen molar-refractivity contribution in [2.75, 3.05) is 13.1 Å². The topological polar surface area (TPSA) is 58.4 Å². The third-order valence-electron chi connectivity index (χ3n) is 6.67. The second kappa shape index (κ2) is 4.87. The Balaban J connectivity index is 1.45. The first-order valence-electron chi connectivity index (χ1n) is 8.86. The van der Waals surface area contributed by atoms with Crippen LogP contribution in [0.5, 0.6) is 0 Å². The van der Waals surface area contributed by atoms with E-state index in [0.717, 1.165) is 30.7 Å². The number of urea groups is 1. The maximum Gasteiger partial charge on any atom is 0.318 e. The standard InChI is InChI=1S/C17H29N3O/c1-11-2-15(9-18)10-20(11)16(21)19-17-6-12-3-13(7-17)5-14(4-12)8-17/h11-15H,2-10,18H2,1H3,(H,19,21). The van der Waals surface area contributed by atoms with Crippen molar-refractivity contribution in [3.05, 3.63) is 0 Å². The van der Waals surface area contributed by atoms with Crippen LogP contribution in [0.25, 0.3) is 0 Å². The minimum absolute atomic E-state index is 0.131. The van der Waals surface area contributed by atoms with Gasteiger partial charge in [0.05, 0.1) is 0 Å². The highest BCUT2D eigenvalue weighted by atomic mass is 16.2. The largest absolute Gasteiger partial charge is 0.333 e. The highest BCUT2D eigenvalue weighted by Crippen LogP contribution is 2.55. The molecular weight excluding hydrogens is 262 g/mol. The normalized spacial score (nSPS) is 47.9. The first-order valence-corrected chi connectivity index (χ1v) is 8.86. The molecule has 21 heavy (non-hydrogen) atoms. The molecule has 1 heterocycles. The molecule has 1 aliphatic heterocycles. The van der Waals surface area contributed by atoms with Gasteiger partial charge in [-0.15, -0.1) is 0 Å². The van der Waals surface area contributed by atoms with Gasteiger partial charge in [-0.3, -0.25) is 0 Å². The Bertz CT molecular complexity index is 400. The lowest BCUT2D eigenvalue weighted by Crippen LogP contribution is -2.62. The van der Waals surface area contributed by atoms with Crippen molar-refractivity contribution in [1.82, 2.24) is 10.2 Å². The van der Waals surface area contributed by atoms with Crippen LogP contribution in [0.3, 0.4) is 0 Å². The summed E-state index contributed by atoms with van der Waals surface area (Å²) in [7, 11) is 0. The zero-order chi connectivity index (χ0) is 14.6. The van der Waals surface area contributed by atoms with E-state index < -0.39 is 0 Å². The van der Waals surface area contributed by atoms with Crippen LogP contribution < -0.4 is 11.1 Å². The van der Waals surface area contributed by atoms with E-state index in [9.17, 15) is 4.79 Å². The molecule has 4 heteroatoms. The van der Waals surface area contributed by atoms with Gasteiger partial charge in [-0.25, -0.2) is 4.79 Å². The van der Waals surface area contributed by atoms with Crippen LogP contribution >= 0.6 is 0 Å². The molecule has 0 aromatic rings. The van der Waals surface area contributed by atoms with Crippen LogP contribution in [0.2, 0.25) is 0 Å². The van der Waals surface area contributed by atoms with Gasteiger partial charge in [0, 0.05) is 18.1 Å². The Morgan fingerprint density at radius 2 is 1.71 bits per heavy atom. The van der Waals surface area contributed by atoms with Crippen molar-refractivity contribution in [2.24, 2.45) is 29.4 Å². The highest BCUT2D eigenvalue weighted by Gasteiger charge is 2.52. The summed E-state index contributed by atoms with van der Waals surface area (Å²) in [6.45, 7) is 3.70. The van der Waals surface area contributed by atoms with Crippen molar-refractivity contribution in [3.63, 3.8) is 0 Å². The second-order valence-electron chi connectivity index (χ2n) is 8.47. The van der Waals surface area contributed by atoms with Crippen LogP contribution in [-0.2, 0) is 0 Å². The molecule has 2 amide bonds. The maximum absolute atomic E-state index is 12.8. The van der Waals surface area contributed by atoms with Gasteiger partial charge in [0.15, 0.2) is 0 Å². The van der Waals surface area contributed by atoms with Gasteiger partial charge in [-0.2, -0.15) is 0 Å². The summed E-state index contributed by atoms with van der Waals surface area (Å²) in [5.41, 5.74) is 5.92. The van der Waals surface area contributed by atoms with Crippen LogP contribution in [0, 0.1) is 23.7 Å². The average Bonchev–Trinajstić information content (AvgIpc) is 2.78. The molecule has 2 unspecified atom stereocenters. The number of hydrogen-bond acceptors (Lipinski definition) is 2. The smallest absolute Gasteiger partial charge is 0.318 e. The van der Waals surface area contributed by atoms with Crippen molar-refractivity contribution < 1.29 is 4.79 Å². The number of nitrogens with two attached hydrogens (primary N) is 1. The van der Waals surface area contributed by atoms with E-state index in [1.54, 1.807) is 0 Å². The highest BCUT2D eigenvalue weighted by molar-refractivity contribution is 5.76. The lowest BCUT2D eigenvalue weighted by Gasteiger charge is -2.57. The lowest BCUT2D eigenvalue weighted by molar-refractivity contribution is -0.0158. The summed E-state index contributed by atoms with van der Waals surface area (Å²) >= 11 is 0. The third kappa shape index (κ3) is 2.36. The number of hydrogen-bond donors (Lipinski definition) is 2. The summed E-state index contributed by atoms with van der Waals surface area (Å²) in [5.74, 6) is 3.13. The first-order chi connectivity index (χ1) is 10.1. The summed E-state index contributed by atoms with van der Waals surface area (Å²) in [5, 5.41) is 3.49. The number of nitrogens with zero attached hydrogens (tertiary/aromatic N) is 1. The lowest BCUT2D eigenvalue weighted by atomic mass is 9.53. The summed E-state index contributed by atoms with van der Waals surface area (Å²) in [4.78, 5) is 14.8. The van der Waals surface area contributed by atoms with E-state index >= 15 is 0 Å². The van der Waals surface area contributed by atoms with Gasteiger partial charge in [0.25, 0.3) is 0 Å². The molecule has 2 atom stereocenters. The Kier molecular flexibility index (Phi) is 3.21. The van der Waals surface area contributed by atoms with E-state index in [4.69, 9.17) is 5.73 Å². The Morgan fingerprint density at radius 1 is 1.14 bits per heavy atom. The molecule has 0 spiro atoms. The van der Waals surface area contributed by atoms with E-state index in [2.05, 4.69) is 12.2 Å². The molecule has 4 aliphatic carbocycles. The molecule has 0 aromatic carbocycles. The third-order valence-corrected chi connectivity index (χ3v) is 6.67. The average molecular weight is 291 g/mol. The fourth-order valence-electron chi connectivity index (χ4n) is 6.16. The molecule has 4 nitrogen and oxygen atoms in total. The van der Waals surface area contributed by atoms with Gasteiger partial charge in [0.1, 0.15) is 0 Å². The summed E-state index contributed by atoms with van der Waals surface area (Å²) in [6, 6.07) is 0.521. The molecule has 1 saturated heterocycles. The SMILES string of the molecule is CC1CC(CN)CN1C(=O)NC12CC3CC(CC(C3)C1)C2. The number of amides is 2. The van der Waals surface area contributed by atoms with Gasteiger partial charge in [-0.1, -0.05) is 0 Å². The maximum atomic E-state index is 12.8. The van der Waals surface area contributed by atoms with Crippen molar-refractivity contribution in [3.8, 4) is 0 Å². The van der Waals surface area contributed by atoms with Gasteiger partial charge in [0.2, 0.25) is 0 Å². The molecular formula is C17H29N3O. The zero-order valence-electron chi connectivity index (χ0n) is 13.2. The van der Waals surface area contributed by atoms with Crippen molar-refractivity contribution in [2.45, 2.75) is 63.5 Å². The molecule has 0 aromatic heterocycles. The predicted molar refractivity (Wildman–Crippen MR) is 82.8 cm³/mol. The quantitative estimate of drug-likeness (QED) is 0.820. The molecule has 0 radical (unpaired) electrons. The van der Waals surface area contributed by atoms with Crippen LogP contribution in [0.1, 0.15) is 51.9 Å². The molecule has 5 rings (SSSR count). The Labute approximate surface area is 127 Å². The monoisotopic (exact) mass is 291 g/mol. The van der Waals surface area contributed by atoms with Gasteiger partial charge in [-0.05, 0) is 82.1 Å². The minimum atomic E-state index is 0.131. The van der Waals surface area contributed by atoms with Crippen LogP contribution in [0.15, 0.2) is 0 Å². The second-order valence-corrected chi connectivity index (χ2v) is 8.47. The molecule has 4 saturated carbocycles. The fraction of sp³-hybridized carbons (Fsp3) is 0.941. The van der Waals surface area contributed by atoms with Crippen LogP contribution in [0.4, 0.5) is 4.79 Å². The summed E-state index contributed by atoms with van der Waals surface area (Å²) < 4.78 is 0. The van der Waals surface area contributed by atoms with E-state index in [0.29, 0.717) is 18.5 Å². The Morgan fingerprint density at radius 3 is 2.19 bits per heavy atom. The first kappa shape index (κ1) is 13.9. The molecule has 3 N–H and O–H groups in total. The number of nitrogens with one attached hydrogen (secondary N) is 1. The van der Waals surface area contributed by atoms with Crippen LogP contribution in [-0.4, -0.2) is 35.6 Å². The molecule has 4 bridgehead atoms. The number of rotatable bonds is 2. The van der Waals surface area contributed by atoms with E-state index in [-0.39, 0.29) is 11.6 Å². The molecule has 118 valence electrons. The van der Waals surface area contributed by atoms with Crippen molar-refractivity contribution in [1.29, 1.82) is 0 Å². The summed E-state index contributed by atoms with van der Waals surface area (Å²) in [6.07, 6.45) is 9.01. The van der Waals surface area contributed by atoms with Gasteiger partial charge >= 0.3 is 6.03 Å². The number of carbonyl (C=O) groups excluding carboxylic acids is 1. The van der Waals surface area contributed by atoms with E-state index in [1.165, 1.54) is 38.5 Å². The number of carbonyl (C=O) groups is 1. The molecule has 5 fully saturated rings. The zero-order valence-corrected chi connectivity index (χ0v) is 13.2. The molecule has 5 aliphatic rings. The van der Waals surface area contributed by atoms with Crippen molar-refractivity contribution >= 4 is 6.03 Å². The Hall–Kier alpha value is -0.770. The number of likely N-dealkylation sites (tertiary alicyclic amines) is 1.